The number of fused-ring (bicyclic) bond motifs is 1. The van der Waals surface area contributed by atoms with Gasteiger partial charge in [-0.05, 0) is 61.1 Å². The fourth-order valence-corrected chi connectivity index (χ4v) is 4.79. The SMILES string of the molecule is CN1CCN(CC(=O)N(C)c2ccc(N=C(c3cccc(F)c3)C3C(=O)Nc4cc(F)ccc43)cc2)CC1. The minimum absolute atomic E-state index is 0.00211. The second kappa shape index (κ2) is 10.8. The number of rotatable bonds is 6. The van der Waals surface area contributed by atoms with E-state index >= 15 is 0 Å². The monoisotopic (exact) mass is 517 g/mol. The lowest BCUT2D eigenvalue weighted by Crippen LogP contribution is -2.48. The number of benzene rings is 3. The molecule has 2 aliphatic rings. The summed E-state index contributed by atoms with van der Waals surface area (Å²) in [6.07, 6.45) is 0. The number of amides is 2. The van der Waals surface area contributed by atoms with Crippen molar-refractivity contribution < 1.29 is 18.4 Å². The van der Waals surface area contributed by atoms with Crippen LogP contribution in [0.15, 0.2) is 71.7 Å². The zero-order valence-corrected chi connectivity index (χ0v) is 21.3. The lowest BCUT2D eigenvalue weighted by molar-refractivity contribution is -0.120. The lowest BCUT2D eigenvalue weighted by Gasteiger charge is -2.32. The van der Waals surface area contributed by atoms with Crippen LogP contribution in [0.25, 0.3) is 0 Å². The van der Waals surface area contributed by atoms with Gasteiger partial charge in [0.15, 0.2) is 0 Å². The fourth-order valence-electron chi connectivity index (χ4n) is 4.79. The third kappa shape index (κ3) is 5.49. The maximum absolute atomic E-state index is 14.2. The maximum atomic E-state index is 14.2. The van der Waals surface area contributed by atoms with Gasteiger partial charge in [0.1, 0.15) is 17.6 Å². The smallest absolute Gasteiger partial charge is 0.240 e. The van der Waals surface area contributed by atoms with Gasteiger partial charge in [0.05, 0.1) is 17.9 Å². The van der Waals surface area contributed by atoms with Crippen LogP contribution >= 0.6 is 0 Å². The largest absolute Gasteiger partial charge is 0.325 e. The lowest BCUT2D eigenvalue weighted by atomic mass is 9.90. The Labute approximate surface area is 220 Å². The van der Waals surface area contributed by atoms with Crippen LogP contribution in [0.5, 0.6) is 0 Å². The number of nitrogens with one attached hydrogen (secondary N) is 1. The minimum Gasteiger partial charge on any atom is -0.325 e. The number of halogens is 2. The van der Waals surface area contributed by atoms with E-state index in [9.17, 15) is 18.4 Å². The Morgan fingerprint density at radius 3 is 2.42 bits per heavy atom. The summed E-state index contributed by atoms with van der Waals surface area (Å²) in [6.45, 7) is 3.95. The first-order valence-electron chi connectivity index (χ1n) is 12.5. The van der Waals surface area contributed by atoms with E-state index in [2.05, 4.69) is 22.2 Å². The molecule has 196 valence electrons. The first-order valence-corrected chi connectivity index (χ1v) is 12.5. The number of likely N-dealkylation sites (N-methyl/N-ethyl adjacent to an activating group) is 2. The highest BCUT2D eigenvalue weighted by Gasteiger charge is 2.35. The molecule has 7 nitrogen and oxygen atoms in total. The number of aliphatic imine (C=N–C) groups is 1. The first-order chi connectivity index (χ1) is 18.3. The van der Waals surface area contributed by atoms with E-state index in [4.69, 9.17) is 4.99 Å². The molecule has 1 saturated heterocycles. The van der Waals surface area contributed by atoms with Gasteiger partial charge in [-0.2, -0.15) is 0 Å². The van der Waals surface area contributed by atoms with Crippen molar-refractivity contribution in [2.24, 2.45) is 4.99 Å². The Balaban J connectivity index is 1.41. The maximum Gasteiger partial charge on any atom is 0.240 e. The van der Waals surface area contributed by atoms with Crippen molar-refractivity contribution in [1.82, 2.24) is 9.80 Å². The normalized spacial score (nSPS) is 18.3. The molecule has 1 fully saturated rings. The van der Waals surface area contributed by atoms with Crippen LogP contribution in [-0.2, 0) is 9.59 Å². The van der Waals surface area contributed by atoms with Crippen LogP contribution < -0.4 is 10.2 Å². The summed E-state index contributed by atoms with van der Waals surface area (Å²) in [7, 11) is 3.82. The molecule has 0 aliphatic carbocycles. The number of carbonyl (C=O) groups excluding carboxylic acids is 2. The Bertz CT molecular complexity index is 1380. The average molecular weight is 518 g/mol. The van der Waals surface area contributed by atoms with Gasteiger partial charge >= 0.3 is 0 Å². The van der Waals surface area contributed by atoms with Gasteiger partial charge < -0.3 is 15.1 Å². The molecular weight excluding hydrogens is 488 g/mol. The standard InChI is InChI=1S/C29H29F2N5O2/c1-34-12-14-36(15-13-34)18-26(37)35(2)23-9-7-22(8-10-23)32-28(19-4-3-5-20(30)16-19)27-24-11-6-21(31)17-25(24)33-29(27)38/h3-11,16-17,27H,12-15,18H2,1-2H3,(H,33,38). The molecule has 2 heterocycles. The molecule has 3 aromatic rings. The molecule has 0 aromatic heterocycles. The molecule has 0 radical (unpaired) electrons. The van der Waals surface area contributed by atoms with Gasteiger partial charge in [0.2, 0.25) is 11.8 Å². The van der Waals surface area contributed by atoms with Crippen molar-refractivity contribution in [3.63, 3.8) is 0 Å². The molecule has 1 atom stereocenters. The Hall–Kier alpha value is -3.95. The van der Waals surface area contributed by atoms with E-state index < -0.39 is 17.6 Å². The highest BCUT2D eigenvalue weighted by molar-refractivity contribution is 6.24. The van der Waals surface area contributed by atoms with Crippen LogP contribution in [0.3, 0.4) is 0 Å². The third-order valence-electron chi connectivity index (χ3n) is 7.06. The Kier molecular flexibility index (Phi) is 7.31. The minimum atomic E-state index is -0.833. The summed E-state index contributed by atoms with van der Waals surface area (Å²) in [5.41, 5.74) is 3.00. The van der Waals surface area contributed by atoms with E-state index in [1.54, 1.807) is 54.4 Å². The van der Waals surface area contributed by atoms with E-state index in [1.165, 1.54) is 24.3 Å². The molecule has 2 aliphatic heterocycles. The molecule has 0 spiro atoms. The number of hydrogen-bond acceptors (Lipinski definition) is 5. The highest BCUT2D eigenvalue weighted by Crippen LogP contribution is 2.37. The quantitative estimate of drug-likeness (QED) is 0.502. The molecule has 5 rings (SSSR count). The zero-order chi connectivity index (χ0) is 26.8. The van der Waals surface area contributed by atoms with Crippen LogP contribution in [0.4, 0.5) is 25.8 Å². The number of hydrogen-bond donors (Lipinski definition) is 1. The molecular formula is C29H29F2N5O2. The van der Waals surface area contributed by atoms with E-state index in [1.807, 2.05) is 0 Å². The van der Waals surface area contributed by atoms with Gasteiger partial charge in [0, 0.05) is 50.2 Å². The van der Waals surface area contributed by atoms with E-state index in [0.29, 0.717) is 34.8 Å². The van der Waals surface area contributed by atoms with Crippen LogP contribution in [0.2, 0.25) is 0 Å². The van der Waals surface area contributed by atoms with Crippen LogP contribution in [0.1, 0.15) is 17.0 Å². The van der Waals surface area contributed by atoms with E-state index in [-0.39, 0.29) is 11.8 Å². The number of anilines is 2. The van der Waals surface area contributed by atoms with Gasteiger partial charge in [-0.15, -0.1) is 0 Å². The topological polar surface area (TPSA) is 68.2 Å². The Morgan fingerprint density at radius 2 is 1.71 bits per heavy atom. The van der Waals surface area contributed by atoms with Crippen LogP contribution in [0, 0.1) is 11.6 Å². The summed E-state index contributed by atoms with van der Waals surface area (Å²) < 4.78 is 27.9. The fraction of sp³-hybridized carbons (Fsp3) is 0.276. The van der Waals surface area contributed by atoms with Crippen molar-refractivity contribution in [3.8, 4) is 0 Å². The zero-order valence-electron chi connectivity index (χ0n) is 21.3. The summed E-state index contributed by atoms with van der Waals surface area (Å²) >= 11 is 0. The number of carbonyl (C=O) groups is 2. The van der Waals surface area contributed by atoms with Crippen LogP contribution in [-0.4, -0.2) is 74.1 Å². The summed E-state index contributed by atoms with van der Waals surface area (Å²) in [5, 5.41) is 2.71. The predicted molar refractivity (Wildman–Crippen MR) is 144 cm³/mol. The molecule has 2 amide bonds. The number of piperazine rings is 1. The van der Waals surface area contributed by atoms with Gasteiger partial charge in [-0.1, -0.05) is 18.2 Å². The summed E-state index contributed by atoms with van der Waals surface area (Å²) in [4.78, 5) is 36.6. The highest BCUT2D eigenvalue weighted by atomic mass is 19.1. The first kappa shape index (κ1) is 25.7. The van der Waals surface area contributed by atoms with Crippen molar-refractivity contribution >= 4 is 34.6 Å². The molecule has 1 N–H and O–H groups in total. The van der Waals surface area contributed by atoms with Crippen molar-refractivity contribution in [3.05, 3.63) is 89.5 Å². The Morgan fingerprint density at radius 1 is 1.00 bits per heavy atom. The van der Waals surface area contributed by atoms with Gasteiger partial charge in [0.25, 0.3) is 0 Å². The second-order valence-electron chi connectivity index (χ2n) is 9.71. The molecule has 9 heteroatoms. The summed E-state index contributed by atoms with van der Waals surface area (Å²) in [5.74, 6) is -2.11. The molecule has 3 aromatic carbocycles. The van der Waals surface area contributed by atoms with Gasteiger partial charge in [-0.3, -0.25) is 19.5 Å². The number of nitrogens with zero attached hydrogens (tertiary/aromatic N) is 4. The van der Waals surface area contributed by atoms with Crippen molar-refractivity contribution in [2.75, 3.05) is 57.0 Å². The molecule has 0 saturated carbocycles. The van der Waals surface area contributed by atoms with Crippen molar-refractivity contribution in [1.29, 1.82) is 0 Å². The van der Waals surface area contributed by atoms with Crippen molar-refractivity contribution in [2.45, 2.75) is 5.92 Å². The second-order valence-corrected chi connectivity index (χ2v) is 9.71. The molecule has 38 heavy (non-hydrogen) atoms. The summed E-state index contributed by atoms with van der Waals surface area (Å²) in [6, 6.07) is 17.1. The molecule has 0 bridgehead atoms. The average Bonchev–Trinajstić information content (AvgIpc) is 3.22. The predicted octanol–water partition coefficient (Wildman–Crippen LogP) is 4.03. The third-order valence-corrected chi connectivity index (χ3v) is 7.06. The van der Waals surface area contributed by atoms with Gasteiger partial charge in [-0.25, -0.2) is 8.78 Å². The van der Waals surface area contributed by atoms with E-state index in [0.717, 1.165) is 31.9 Å². The molecule has 1 unspecified atom stereocenters.